The summed E-state index contributed by atoms with van der Waals surface area (Å²) in [5.74, 6) is 2.29. The van der Waals surface area contributed by atoms with E-state index in [0.29, 0.717) is 33.0 Å². The molecule has 4 fully saturated rings. The molecule has 0 aromatic carbocycles. The summed E-state index contributed by atoms with van der Waals surface area (Å²) < 4.78 is 0. The molecule has 4 saturated carbocycles. The van der Waals surface area contributed by atoms with E-state index < -0.39 is 0 Å². The van der Waals surface area contributed by atoms with Crippen molar-refractivity contribution in [3.05, 3.63) is 11.6 Å². The van der Waals surface area contributed by atoms with Crippen LogP contribution in [0.25, 0.3) is 0 Å². The second-order valence-electron chi connectivity index (χ2n) is 15.2. The van der Waals surface area contributed by atoms with Gasteiger partial charge in [-0.25, -0.2) is 0 Å². The van der Waals surface area contributed by atoms with Crippen LogP contribution in [0.5, 0.6) is 0 Å². The van der Waals surface area contributed by atoms with E-state index in [0.717, 1.165) is 18.3 Å². The van der Waals surface area contributed by atoms with Crippen molar-refractivity contribution in [2.45, 2.75) is 126 Å². The minimum Gasteiger partial charge on any atom is -0.393 e. The lowest BCUT2D eigenvalue weighted by molar-refractivity contribution is -0.181. The molecular weight excluding hydrogens is 376 g/mol. The average Bonchev–Trinajstić information content (AvgIpc) is 2.67. The van der Waals surface area contributed by atoms with Crippen LogP contribution in [-0.4, -0.2) is 11.2 Å². The van der Waals surface area contributed by atoms with Crippen LogP contribution in [0.2, 0.25) is 0 Å². The van der Waals surface area contributed by atoms with Gasteiger partial charge in [-0.3, -0.25) is 0 Å². The quantitative estimate of drug-likeness (QED) is 0.387. The highest BCUT2D eigenvalue weighted by Crippen LogP contribution is 2.76. The van der Waals surface area contributed by atoms with Crippen LogP contribution in [0.3, 0.4) is 0 Å². The van der Waals surface area contributed by atoms with Gasteiger partial charge in [-0.2, -0.15) is 0 Å². The molecule has 5 rings (SSSR count). The van der Waals surface area contributed by atoms with Gasteiger partial charge < -0.3 is 5.11 Å². The van der Waals surface area contributed by atoms with Gasteiger partial charge in [-0.15, -0.1) is 0 Å². The van der Waals surface area contributed by atoms with Crippen LogP contribution in [-0.2, 0) is 0 Å². The van der Waals surface area contributed by atoms with Crippen molar-refractivity contribution in [1.29, 1.82) is 0 Å². The maximum atomic E-state index is 10.8. The summed E-state index contributed by atoms with van der Waals surface area (Å²) in [4.78, 5) is 0. The van der Waals surface area contributed by atoms with E-state index in [4.69, 9.17) is 0 Å². The molecule has 0 aliphatic heterocycles. The minimum absolute atomic E-state index is 0.0704. The highest BCUT2D eigenvalue weighted by Gasteiger charge is 2.67. The van der Waals surface area contributed by atoms with Gasteiger partial charge in [0.2, 0.25) is 0 Å². The third-order valence-corrected chi connectivity index (χ3v) is 13.0. The molecular formula is C30H50O. The zero-order valence-electron chi connectivity index (χ0n) is 21.9. The van der Waals surface area contributed by atoms with Crippen LogP contribution < -0.4 is 0 Å². The Balaban J connectivity index is 1.57. The topological polar surface area (TPSA) is 20.2 Å². The van der Waals surface area contributed by atoms with Gasteiger partial charge in [0.15, 0.2) is 0 Å². The molecule has 176 valence electrons. The van der Waals surface area contributed by atoms with E-state index in [1.807, 2.05) is 5.57 Å². The van der Waals surface area contributed by atoms with Crippen LogP contribution in [0, 0.1) is 50.2 Å². The first-order valence-corrected chi connectivity index (χ1v) is 13.6. The zero-order valence-corrected chi connectivity index (χ0v) is 21.9. The predicted octanol–water partition coefficient (Wildman–Crippen LogP) is 8.17. The Morgan fingerprint density at radius 1 is 0.774 bits per heavy atom. The first-order chi connectivity index (χ1) is 14.2. The van der Waals surface area contributed by atoms with Crippen molar-refractivity contribution in [2.24, 2.45) is 50.2 Å². The third-order valence-electron chi connectivity index (χ3n) is 13.0. The number of rotatable bonds is 0. The Morgan fingerprint density at radius 2 is 1.48 bits per heavy atom. The molecule has 1 heteroatoms. The second-order valence-corrected chi connectivity index (χ2v) is 15.2. The number of hydrogen-bond acceptors (Lipinski definition) is 1. The van der Waals surface area contributed by atoms with Crippen LogP contribution in [0.15, 0.2) is 11.6 Å². The highest BCUT2D eigenvalue weighted by atomic mass is 16.3. The summed E-state index contributed by atoms with van der Waals surface area (Å²) >= 11 is 0. The summed E-state index contributed by atoms with van der Waals surface area (Å²) in [6.45, 7) is 20.5. The van der Waals surface area contributed by atoms with E-state index in [1.54, 1.807) is 0 Å². The molecule has 31 heavy (non-hydrogen) atoms. The van der Waals surface area contributed by atoms with E-state index in [-0.39, 0.29) is 11.5 Å². The molecule has 0 unspecified atom stereocenters. The first-order valence-electron chi connectivity index (χ1n) is 13.6. The van der Waals surface area contributed by atoms with Crippen molar-refractivity contribution < 1.29 is 5.11 Å². The Morgan fingerprint density at radius 3 is 2.19 bits per heavy atom. The molecule has 0 aromatic rings. The fraction of sp³-hybridized carbons (Fsp3) is 0.933. The van der Waals surface area contributed by atoms with E-state index >= 15 is 0 Å². The lowest BCUT2D eigenvalue weighted by Gasteiger charge is -2.71. The maximum Gasteiger partial charge on any atom is 0.0594 e. The SMILES string of the molecule is CC1(C)CC[C@]2(C)CC=C3[C@](C)(CC[C@]4(C)[C@@H]5CC[C@H](O)C(C)(C)[C@H]5CC[C@@]34C)[C@H]2C1. The number of aliphatic hydroxyl groups is 1. The zero-order chi connectivity index (χ0) is 22.7. The summed E-state index contributed by atoms with van der Waals surface area (Å²) in [5.41, 5.74) is 4.05. The molecule has 0 heterocycles. The molecule has 5 aliphatic rings. The lowest BCUT2D eigenvalue weighted by Crippen LogP contribution is -2.63. The van der Waals surface area contributed by atoms with Crippen molar-refractivity contribution in [3.63, 3.8) is 0 Å². The lowest BCUT2D eigenvalue weighted by atomic mass is 9.33. The first kappa shape index (κ1) is 22.5. The minimum atomic E-state index is -0.116. The van der Waals surface area contributed by atoms with Gasteiger partial charge in [0.1, 0.15) is 0 Å². The Hall–Kier alpha value is -0.300. The molecule has 0 aromatic heterocycles. The summed E-state index contributed by atoms with van der Waals surface area (Å²) in [5, 5.41) is 10.8. The maximum absolute atomic E-state index is 10.8. The van der Waals surface area contributed by atoms with E-state index in [2.05, 4.69) is 61.5 Å². The largest absolute Gasteiger partial charge is 0.393 e. The number of fused-ring (bicyclic) bond motifs is 7. The van der Waals surface area contributed by atoms with E-state index in [9.17, 15) is 5.11 Å². The fourth-order valence-electron chi connectivity index (χ4n) is 10.4. The second kappa shape index (κ2) is 6.43. The summed E-state index contributed by atoms with van der Waals surface area (Å²) in [7, 11) is 0. The predicted molar refractivity (Wildman–Crippen MR) is 131 cm³/mol. The van der Waals surface area contributed by atoms with Gasteiger partial charge in [0.25, 0.3) is 0 Å². The van der Waals surface area contributed by atoms with Crippen molar-refractivity contribution >= 4 is 0 Å². The number of allylic oxidation sites excluding steroid dienone is 2. The van der Waals surface area contributed by atoms with Gasteiger partial charge in [-0.1, -0.05) is 67.0 Å². The van der Waals surface area contributed by atoms with Gasteiger partial charge in [-0.05, 0) is 114 Å². The Bertz CT molecular complexity index is 790. The number of hydrogen-bond donors (Lipinski definition) is 1. The smallest absolute Gasteiger partial charge is 0.0594 e. The number of aliphatic hydroxyl groups excluding tert-OH is 1. The normalized spacial score (nSPS) is 55.2. The van der Waals surface area contributed by atoms with Crippen LogP contribution in [0.1, 0.15) is 120 Å². The van der Waals surface area contributed by atoms with Gasteiger partial charge in [0.05, 0.1) is 6.10 Å². The van der Waals surface area contributed by atoms with Gasteiger partial charge >= 0.3 is 0 Å². The molecule has 1 nitrogen and oxygen atoms in total. The fourth-order valence-corrected chi connectivity index (χ4v) is 10.4. The van der Waals surface area contributed by atoms with Crippen molar-refractivity contribution in [3.8, 4) is 0 Å². The molecule has 0 spiro atoms. The van der Waals surface area contributed by atoms with Crippen LogP contribution >= 0.6 is 0 Å². The molecule has 0 bridgehead atoms. The third kappa shape index (κ3) is 2.77. The molecule has 1 N–H and O–H groups in total. The monoisotopic (exact) mass is 426 g/mol. The molecule has 0 amide bonds. The van der Waals surface area contributed by atoms with Gasteiger partial charge in [0, 0.05) is 0 Å². The van der Waals surface area contributed by atoms with E-state index in [1.165, 1.54) is 57.8 Å². The highest BCUT2D eigenvalue weighted by molar-refractivity contribution is 5.35. The Labute approximate surface area is 192 Å². The standard InChI is InChI=1S/C30H50O/c1-25(2)15-16-27(5)13-12-22-28(6,23(27)19-25)17-18-29(7)21-9-10-24(31)26(3,4)20(21)11-14-30(22,29)8/h12,20-21,23-24,31H,9-11,13-19H2,1-8H3/t20-,21+,23-,24-,27-,28-,29+,30-/m0/s1. The molecule has 0 radical (unpaired) electrons. The summed E-state index contributed by atoms with van der Waals surface area (Å²) in [6, 6.07) is 0. The molecule has 0 saturated heterocycles. The molecule has 5 aliphatic carbocycles. The van der Waals surface area contributed by atoms with Crippen molar-refractivity contribution in [2.75, 3.05) is 0 Å². The van der Waals surface area contributed by atoms with Crippen molar-refractivity contribution in [1.82, 2.24) is 0 Å². The molecule has 8 atom stereocenters. The summed E-state index contributed by atoms with van der Waals surface area (Å²) in [6.07, 6.45) is 15.8. The Kier molecular flexibility index (Phi) is 4.66. The average molecular weight is 427 g/mol. The van der Waals surface area contributed by atoms with Crippen LogP contribution in [0.4, 0.5) is 0 Å².